The number of amides is 1. The number of aromatic nitrogens is 2. The minimum Gasteiger partial charge on any atom is -0.495 e. The lowest BCUT2D eigenvalue weighted by molar-refractivity contribution is 0.102. The third-order valence-corrected chi connectivity index (χ3v) is 3.03. The third-order valence-electron chi connectivity index (χ3n) is 2.53. The maximum atomic E-state index is 12.1. The van der Waals surface area contributed by atoms with Crippen LogP contribution in [0.5, 0.6) is 5.75 Å². The summed E-state index contributed by atoms with van der Waals surface area (Å²) in [6, 6.07) is 5.34. The summed E-state index contributed by atoms with van der Waals surface area (Å²) in [6.45, 7) is 0. The molecule has 0 radical (unpaired) electrons. The highest BCUT2D eigenvalue weighted by atomic mass is 79.9. The number of hydrogen-bond acceptors (Lipinski definition) is 5. The van der Waals surface area contributed by atoms with Gasteiger partial charge in [-0.1, -0.05) is 15.9 Å². The number of methoxy groups -OCH3 is 1. The molecule has 1 amide bonds. The first-order valence-corrected chi connectivity index (χ1v) is 6.58. The van der Waals surface area contributed by atoms with E-state index >= 15 is 0 Å². The summed E-state index contributed by atoms with van der Waals surface area (Å²) in [5, 5.41) is 5.58. The fraction of sp³-hybridized carbons (Fsp3) is 0.154. The van der Waals surface area contributed by atoms with Crippen molar-refractivity contribution in [1.82, 2.24) is 9.97 Å². The first kappa shape index (κ1) is 14.3. The van der Waals surface area contributed by atoms with Gasteiger partial charge in [0.05, 0.1) is 25.2 Å². The van der Waals surface area contributed by atoms with Crippen LogP contribution >= 0.6 is 15.9 Å². The van der Waals surface area contributed by atoms with E-state index in [-0.39, 0.29) is 11.6 Å². The summed E-state index contributed by atoms with van der Waals surface area (Å²) in [7, 11) is 3.25. The van der Waals surface area contributed by atoms with Gasteiger partial charge in [0.1, 0.15) is 17.3 Å². The van der Waals surface area contributed by atoms with E-state index in [9.17, 15) is 4.79 Å². The number of anilines is 2. The van der Waals surface area contributed by atoms with E-state index in [1.807, 2.05) is 6.07 Å². The van der Waals surface area contributed by atoms with E-state index in [0.29, 0.717) is 17.3 Å². The highest BCUT2D eigenvalue weighted by molar-refractivity contribution is 9.10. The maximum absolute atomic E-state index is 12.1. The van der Waals surface area contributed by atoms with Crippen LogP contribution in [0.15, 0.2) is 35.1 Å². The zero-order valence-electron chi connectivity index (χ0n) is 11.0. The molecule has 0 bridgehead atoms. The molecule has 0 atom stereocenters. The lowest BCUT2D eigenvalue weighted by Crippen LogP contribution is -2.15. The van der Waals surface area contributed by atoms with Crippen molar-refractivity contribution in [3.8, 4) is 5.75 Å². The normalized spacial score (nSPS) is 9.95. The predicted molar refractivity (Wildman–Crippen MR) is 80.2 cm³/mol. The molecule has 0 aliphatic rings. The lowest BCUT2D eigenvalue weighted by atomic mass is 10.3. The van der Waals surface area contributed by atoms with Crippen LogP contribution in [0.2, 0.25) is 0 Å². The highest BCUT2D eigenvalue weighted by Gasteiger charge is 2.12. The summed E-state index contributed by atoms with van der Waals surface area (Å²) in [4.78, 5) is 20.2. The van der Waals surface area contributed by atoms with Crippen LogP contribution in [0.3, 0.4) is 0 Å². The van der Waals surface area contributed by atoms with E-state index in [4.69, 9.17) is 4.74 Å². The monoisotopic (exact) mass is 336 g/mol. The Kier molecular flexibility index (Phi) is 4.52. The Labute approximate surface area is 124 Å². The fourth-order valence-corrected chi connectivity index (χ4v) is 1.92. The maximum Gasteiger partial charge on any atom is 0.276 e. The van der Waals surface area contributed by atoms with Gasteiger partial charge in [-0.05, 0) is 18.2 Å². The molecule has 2 N–H and O–H groups in total. The number of carbonyl (C=O) groups is 1. The quantitative estimate of drug-likeness (QED) is 0.897. The van der Waals surface area contributed by atoms with Crippen molar-refractivity contribution >= 4 is 33.3 Å². The number of rotatable bonds is 4. The lowest BCUT2D eigenvalue weighted by Gasteiger charge is -2.10. The van der Waals surface area contributed by atoms with Crippen LogP contribution < -0.4 is 15.4 Å². The van der Waals surface area contributed by atoms with E-state index in [2.05, 4.69) is 36.5 Å². The van der Waals surface area contributed by atoms with Gasteiger partial charge in [-0.15, -0.1) is 0 Å². The van der Waals surface area contributed by atoms with Gasteiger partial charge in [0, 0.05) is 11.5 Å². The van der Waals surface area contributed by atoms with Gasteiger partial charge < -0.3 is 15.4 Å². The topological polar surface area (TPSA) is 76.1 Å². The van der Waals surface area contributed by atoms with Gasteiger partial charge >= 0.3 is 0 Å². The van der Waals surface area contributed by atoms with Gasteiger partial charge in [0.2, 0.25) is 0 Å². The molecule has 0 fully saturated rings. The molecule has 0 saturated carbocycles. The van der Waals surface area contributed by atoms with Crippen molar-refractivity contribution in [2.75, 3.05) is 24.8 Å². The van der Waals surface area contributed by atoms with Crippen LogP contribution in [0.1, 0.15) is 10.5 Å². The first-order chi connectivity index (χ1) is 9.63. The Hall–Kier alpha value is -2.15. The average Bonchev–Trinajstić information content (AvgIpc) is 2.47. The molecule has 20 heavy (non-hydrogen) atoms. The van der Waals surface area contributed by atoms with Gasteiger partial charge in [-0.25, -0.2) is 4.98 Å². The first-order valence-electron chi connectivity index (χ1n) is 5.78. The van der Waals surface area contributed by atoms with E-state index in [1.54, 1.807) is 26.3 Å². The van der Waals surface area contributed by atoms with Crippen molar-refractivity contribution in [3.63, 3.8) is 0 Å². The molecule has 0 saturated heterocycles. The fourth-order valence-electron chi connectivity index (χ4n) is 1.56. The predicted octanol–water partition coefficient (Wildman–Crippen LogP) is 2.54. The molecule has 104 valence electrons. The summed E-state index contributed by atoms with van der Waals surface area (Å²) < 4.78 is 6.03. The van der Waals surface area contributed by atoms with Crippen molar-refractivity contribution in [3.05, 3.63) is 40.8 Å². The molecule has 1 aromatic carbocycles. The molecule has 2 rings (SSSR count). The second-order valence-electron chi connectivity index (χ2n) is 3.84. The minimum atomic E-state index is -0.356. The SMILES string of the molecule is CNc1cncc(C(=O)Nc2cc(Br)ccc2OC)n1. The van der Waals surface area contributed by atoms with Crippen molar-refractivity contribution in [2.24, 2.45) is 0 Å². The molecule has 1 heterocycles. The number of benzene rings is 1. The molecule has 2 aromatic rings. The van der Waals surface area contributed by atoms with Crippen molar-refractivity contribution in [1.29, 1.82) is 0 Å². The van der Waals surface area contributed by atoms with E-state index in [1.165, 1.54) is 12.4 Å². The molecule has 0 aliphatic carbocycles. The molecule has 6 nitrogen and oxygen atoms in total. The zero-order chi connectivity index (χ0) is 14.5. The van der Waals surface area contributed by atoms with Crippen LogP contribution in [0.4, 0.5) is 11.5 Å². The molecular weight excluding hydrogens is 324 g/mol. The Morgan fingerprint density at radius 3 is 2.85 bits per heavy atom. The number of nitrogens with zero attached hydrogens (tertiary/aromatic N) is 2. The number of ether oxygens (including phenoxy) is 1. The second-order valence-corrected chi connectivity index (χ2v) is 4.75. The molecule has 0 aliphatic heterocycles. The largest absolute Gasteiger partial charge is 0.495 e. The van der Waals surface area contributed by atoms with Crippen LogP contribution in [-0.2, 0) is 0 Å². The minimum absolute atomic E-state index is 0.221. The molecular formula is C13H13BrN4O2. The third kappa shape index (κ3) is 3.24. The van der Waals surface area contributed by atoms with Crippen molar-refractivity contribution < 1.29 is 9.53 Å². The highest BCUT2D eigenvalue weighted by Crippen LogP contribution is 2.28. The van der Waals surface area contributed by atoms with Crippen molar-refractivity contribution in [2.45, 2.75) is 0 Å². The molecule has 7 heteroatoms. The Morgan fingerprint density at radius 2 is 2.15 bits per heavy atom. The smallest absolute Gasteiger partial charge is 0.276 e. The summed E-state index contributed by atoms with van der Waals surface area (Å²) in [6.07, 6.45) is 2.94. The second kappa shape index (κ2) is 6.33. The molecule has 0 unspecified atom stereocenters. The summed E-state index contributed by atoms with van der Waals surface area (Å²) >= 11 is 3.35. The van der Waals surface area contributed by atoms with Gasteiger partial charge in [0.25, 0.3) is 5.91 Å². The average molecular weight is 337 g/mol. The summed E-state index contributed by atoms with van der Waals surface area (Å²) in [5.41, 5.74) is 0.780. The van der Waals surface area contributed by atoms with E-state index < -0.39 is 0 Å². The Balaban J connectivity index is 2.25. The Bertz CT molecular complexity index is 634. The number of nitrogens with one attached hydrogen (secondary N) is 2. The summed E-state index contributed by atoms with van der Waals surface area (Å²) in [5.74, 6) is 0.740. The number of carbonyl (C=O) groups excluding carboxylic acids is 1. The van der Waals surface area contributed by atoms with Crippen LogP contribution in [-0.4, -0.2) is 30.0 Å². The van der Waals surface area contributed by atoms with Gasteiger partial charge in [0.15, 0.2) is 0 Å². The number of halogens is 1. The molecule has 0 spiro atoms. The van der Waals surface area contributed by atoms with Crippen LogP contribution in [0.25, 0.3) is 0 Å². The van der Waals surface area contributed by atoms with Gasteiger partial charge in [-0.3, -0.25) is 9.78 Å². The van der Waals surface area contributed by atoms with E-state index in [0.717, 1.165) is 4.47 Å². The molecule has 1 aromatic heterocycles. The Morgan fingerprint density at radius 1 is 1.35 bits per heavy atom. The standard InChI is InChI=1S/C13H13BrN4O2/c1-15-12-7-16-6-10(17-12)13(19)18-9-5-8(14)3-4-11(9)20-2/h3-7H,1-2H3,(H,15,17)(H,18,19). The zero-order valence-corrected chi connectivity index (χ0v) is 12.6. The number of hydrogen-bond donors (Lipinski definition) is 2. The van der Waals surface area contributed by atoms with Gasteiger partial charge in [-0.2, -0.15) is 0 Å². The van der Waals surface area contributed by atoms with Crippen LogP contribution in [0, 0.1) is 0 Å².